The fourth-order valence-corrected chi connectivity index (χ4v) is 8.47. The van der Waals surface area contributed by atoms with Crippen LogP contribution in [-0.2, 0) is 23.8 Å². The van der Waals surface area contributed by atoms with Crippen molar-refractivity contribution in [2.45, 2.75) is 160 Å². The summed E-state index contributed by atoms with van der Waals surface area (Å²) in [5.41, 5.74) is 1.36. The van der Waals surface area contributed by atoms with E-state index in [1.54, 1.807) is 0 Å². The number of hydrogen-bond donors (Lipinski definition) is 0. The standard InChI is InChI=1S/C41H64N2O5/c1-4-33-27-37-29-36-15-13-14-35(46-36)26-31(2)18-19-32(3)39(48-41(45)30-38(28-33)47-37)16-9-6-5-7-10-17-40(44)43-24-20-34(21-25-43)42-22-11-8-12-23-42/h4-6,9,16,18-19,31-32,34-39H,7-8,10-15,17,20-30H2,1-3H3. The van der Waals surface area contributed by atoms with Crippen LogP contribution in [0.1, 0.15) is 124 Å². The molecule has 0 radical (unpaired) electrons. The van der Waals surface area contributed by atoms with Crippen LogP contribution in [0.2, 0.25) is 0 Å². The third-order valence-electron chi connectivity index (χ3n) is 11.3. The van der Waals surface area contributed by atoms with Crippen LogP contribution < -0.4 is 0 Å². The normalized spacial score (nSPS) is 34.6. The third-order valence-corrected chi connectivity index (χ3v) is 11.3. The number of cyclic esters (lactones) is 1. The maximum Gasteiger partial charge on any atom is 0.309 e. The summed E-state index contributed by atoms with van der Waals surface area (Å²) in [4.78, 5) is 30.9. The number of amides is 1. The average Bonchev–Trinajstić information content (AvgIpc) is 3.09. The van der Waals surface area contributed by atoms with Crippen LogP contribution >= 0.6 is 0 Å². The number of carbonyl (C=O) groups is 2. The molecule has 5 aliphatic rings. The van der Waals surface area contributed by atoms with Gasteiger partial charge in [0.05, 0.1) is 30.8 Å². The van der Waals surface area contributed by atoms with Crippen molar-refractivity contribution in [3.63, 3.8) is 0 Å². The maximum absolute atomic E-state index is 13.3. The summed E-state index contributed by atoms with van der Waals surface area (Å²) in [5, 5.41) is 0. The van der Waals surface area contributed by atoms with Gasteiger partial charge in [-0.15, -0.1) is 0 Å². The molecule has 0 N–H and O–H groups in total. The lowest BCUT2D eigenvalue weighted by Gasteiger charge is -2.40. The van der Waals surface area contributed by atoms with Gasteiger partial charge in [0.15, 0.2) is 0 Å². The van der Waals surface area contributed by atoms with Crippen molar-refractivity contribution in [1.82, 2.24) is 9.80 Å². The van der Waals surface area contributed by atoms with Crippen molar-refractivity contribution >= 4 is 11.9 Å². The first-order valence-corrected chi connectivity index (χ1v) is 19.5. The molecule has 0 aliphatic carbocycles. The van der Waals surface area contributed by atoms with Gasteiger partial charge in [-0.25, -0.2) is 0 Å². The van der Waals surface area contributed by atoms with E-state index in [-0.39, 0.29) is 48.8 Å². The molecule has 5 aliphatic heterocycles. The smallest absolute Gasteiger partial charge is 0.309 e. The van der Waals surface area contributed by atoms with E-state index in [4.69, 9.17) is 14.2 Å². The molecule has 0 spiro atoms. The molecule has 5 rings (SSSR count). The van der Waals surface area contributed by atoms with E-state index in [0.717, 1.165) is 77.3 Å². The van der Waals surface area contributed by atoms with Gasteiger partial charge in [0.2, 0.25) is 5.91 Å². The van der Waals surface area contributed by atoms with Crippen molar-refractivity contribution in [2.24, 2.45) is 11.8 Å². The number of unbranched alkanes of at least 4 members (excludes halogenated alkanes) is 1. The van der Waals surface area contributed by atoms with Crippen molar-refractivity contribution < 1.29 is 23.8 Å². The van der Waals surface area contributed by atoms with E-state index in [9.17, 15) is 9.59 Å². The first-order valence-electron chi connectivity index (χ1n) is 19.5. The Hall–Kier alpha value is -2.22. The van der Waals surface area contributed by atoms with E-state index < -0.39 is 0 Å². The molecule has 48 heavy (non-hydrogen) atoms. The quantitative estimate of drug-likeness (QED) is 0.119. The molecule has 0 saturated carbocycles. The number of hydrogen-bond acceptors (Lipinski definition) is 6. The average molecular weight is 665 g/mol. The van der Waals surface area contributed by atoms with Crippen LogP contribution in [0.15, 0.2) is 48.1 Å². The van der Waals surface area contributed by atoms with E-state index >= 15 is 0 Å². The highest BCUT2D eigenvalue weighted by Gasteiger charge is 2.33. The number of esters is 1. The minimum atomic E-state index is -0.358. The molecule has 268 valence electrons. The SMILES string of the molecule is CC=C1CC2CC(=O)OC(C=CC=CCCCC(=O)N3CCC(N4CCCCC4)CC3)C(C)C=CC(C)CC3CCCC(CC(C1)O2)O3. The summed E-state index contributed by atoms with van der Waals surface area (Å²) in [6.45, 7) is 10.8. The maximum atomic E-state index is 13.3. The molecule has 0 aromatic carbocycles. The Kier molecular flexibility index (Phi) is 14.9. The molecule has 4 saturated heterocycles. The molecule has 5 heterocycles. The van der Waals surface area contributed by atoms with Crippen LogP contribution in [-0.4, -0.2) is 84.4 Å². The fraction of sp³-hybridized carbons (Fsp3) is 0.756. The van der Waals surface area contributed by atoms with Gasteiger partial charge in [0.1, 0.15) is 6.10 Å². The number of piperidine rings is 2. The Bertz CT molecular complexity index is 1130. The highest BCUT2D eigenvalue weighted by Crippen LogP contribution is 2.33. The zero-order chi connectivity index (χ0) is 33.7. The van der Waals surface area contributed by atoms with Gasteiger partial charge in [-0.2, -0.15) is 0 Å². The highest BCUT2D eigenvalue weighted by atomic mass is 16.5. The molecular formula is C41H64N2O5. The predicted octanol–water partition coefficient (Wildman–Crippen LogP) is 8.10. The molecule has 0 aromatic rings. The van der Waals surface area contributed by atoms with Gasteiger partial charge in [-0.1, -0.05) is 62.3 Å². The highest BCUT2D eigenvalue weighted by molar-refractivity contribution is 5.76. The van der Waals surface area contributed by atoms with Crippen molar-refractivity contribution in [3.8, 4) is 0 Å². The molecule has 7 nitrogen and oxygen atoms in total. The van der Waals surface area contributed by atoms with Crippen LogP contribution in [0, 0.1) is 11.8 Å². The Morgan fingerprint density at radius 3 is 2.33 bits per heavy atom. The molecular weight excluding hydrogens is 600 g/mol. The topological polar surface area (TPSA) is 68.3 Å². The number of rotatable bonds is 7. The Balaban J connectivity index is 1.11. The molecule has 1 amide bonds. The van der Waals surface area contributed by atoms with Crippen molar-refractivity contribution in [1.29, 1.82) is 0 Å². The van der Waals surface area contributed by atoms with E-state index in [2.05, 4.69) is 54.9 Å². The minimum absolute atomic E-state index is 0.0387. The molecule has 7 heteroatoms. The van der Waals surface area contributed by atoms with E-state index in [0.29, 0.717) is 24.3 Å². The first-order chi connectivity index (χ1) is 23.4. The van der Waals surface area contributed by atoms with Gasteiger partial charge in [-0.05, 0) is 109 Å². The van der Waals surface area contributed by atoms with Crippen LogP contribution in [0.3, 0.4) is 0 Å². The van der Waals surface area contributed by atoms with E-state index in [1.807, 2.05) is 18.2 Å². The lowest BCUT2D eigenvalue weighted by molar-refractivity contribution is -0.154. The zero-order valence-electron chi connectivity index (χ0n) is 30.2. The predicted molar refractivity (Wildman–Crippen MR) is 193 cm³/mol. The van der Waals surface area contributed by atoms with Gasteiger partial charge in [0, 0.05) is 37.9 Å². The monoisotopic (exact) mass is 664 g/mol. The Morgan fingerprint density at radius 2 is 1.56 bits per heavy atom. The second kappa shape index (κ2) is 19.2. The molecule has 7 unspecified atom stereocenters. The lowest BCUT2D eigenvalue weighted by Crippen LogP contribution is -2.48. The number of nitrogens with zero attached hydrogens (tertiary/aromatic N) is 2. The third kappa shape index (κ3) is 11.7. The van der Waals surface area contributed by atoms with Gasteiger partial charge >= 0.3 is 5.97 Å². The lowest BCUT2D eigenvalue weighted by atomic mass is 9.90. The number of likely N-dealkylation sites (tertiary alicyclic amines) is 2. The Labute approximate surface area is 291 Å². The summed E-state index contributed by atoms with van der Waals surface area (Å²) >= 11 is 0. The Morgan fingerprint density at radius 1 is 0.833 bits per heavy atom. The summed E-state index contributed by atoms with van der Waals surface area (Å²) < 4.78 is 19.2. The second-order valence-electron chi connectivity index (χ2n) is 15.3. The summed E-state index contributed by atoms with van der Waals surface area (Å²) in [6.07, 6.45) is 30.8. The largest absolute Gasteiger partial charge is 0.457 e. The van der Waals surface area contributed by atoms with Crippen LogP contribution in [0.5, 0.6) is 0 Å². The van der Waals surface area contributed by atoms with Gasteiger partial charge in [-0.3, -0.25) is 9.59 Å². The first kappa shape index (κ1) is 37.0. The van der Waals surface area contributed by atoms with Gasteiger partial charge < -0.3 is 24.0 Å². The van der Waals surface area contributed by atoms with Crippen LogP contribution in [0.4, 0.5) is 0 Å². The summed E-state index contributed by atoms with van der Waals surface area (Å²) in [6, 6.07) is 0.669. The second-order valence-corrected chi connectivity index (χ2v) is 15.3. The number of fused-ring (bicyclic) bond motifs is 4. The van der Waals surface area contributed by atoms with Crippen molar-refractivity contribution in [3.05, 3.63) is 48.1 Å². The minimum Gasteiger partial charge on any atom is -0.457 e. The molecule has 4 bridgehead atoms. The molecule has 0 aromatic heterocycles. The summed E-state index contributed by atoms with van der Waals surface area (Å²) in [7, 11) is 0. The molecule has 4 fully saturated rings. The number of carbonyl (C=O) groups excluding carboxylic acids is 2. The fourth-order valence-electron chi connectivity index (χ4n) is 8.47. The summed E-state index contributed by atoms with van der Waals surface area (Å²) in [5.74, 6) is 0.519. The number of allylic oxidation sites excluding steroid dienone is 5. The van der Waals surface area contributed by atoms with Crippen LogP contribution in [0.25, 0.3) is 0 Å². The van der Waals surface area contributed by atoms with E-state index in [1.165, 1.54) is 44.3 Å². The number of ether oxygens (including phenoxy) is 3. The zero-order valence-corrected chi connectivity index (χ0v) is 30.2. The van der Waals surface area contributed by atoms with Crippen molar-refractivity contribution in [2.75, 3.05) is 26.2 Å². The van der Waals surface area contributed by atoms with Gasteiger partial charge in [0.25, 0.3) is 0 Å². The molecule has 7 atom stereocenters.